The molecule has 2 aromatic rings. The van der Waals surface area contributed by atoms with Crippen LogP contribution in [0.1, 0.15) is 22.2 Å². The molecule has 0 aliphatic rings. The Labute approximate surface area is 86.1 Å². The molecule has 3 nitrogen and oxygen atoms in total. The van der Waals surface area contributed by atoms with Gasteiger partial charge < -0.3 is 5.11 Å². The average molecular weight is 206 g/mol. The highest BCUT2D eigenvalue weighted by Crippen LogP contribution is 2.24. The maximum Gasteiger partial charge on any atom is 0.132 e. The molecule has 14 heavy (non-hydrogen) atoms. The van der Waals surface area contributed by atoms with Crippen LogP contribution in [-0.4, -0.2) is 15.1 Å². The predicted octanol–water partition coefficient (Wildman–Crippen LogP) is 1.93. The van der Waals surface area contributed by atoms with E-state index in [-0.39, 0.29) is 0 Å². The minimum atomic E-state index is -0.649. The van der Waals surface area contributed by atoms with Crippen LogP contribution in [0.5, 0.6) is 0 Å². The van der Waals surface area contributed by atoms with Gasteiger partial charge in [-0.15, -0.1) is 11.3 Å². The van der Waals surface area contributed by atoms with Gasteiger partial charge in [-0.2, -0.15) is 0 Å². The minimum Gasteiger partial charge on any atom is -0.381 e. The number of aryl methyl sites for hydroxylation is 1. The van der Waals surface area contributed by atoms with E-state index in [2.05, 4.69) is 9.97 Å². The van der Waals surface area contributed by atoms with Crippen LogP contribution < -0.4 is 0 Å². The van der Waals surface area contributed by atoms with E-state index in [1.54, 1.807) is 18.6 Å². The molecule has 0 fully saturated rings. The summed E-state index contributed by atoms with van der Waals surface area (Å²) in [5.41, 5.74) is 1.85. The van der Waals surface area contributed by atoms with Crippen molar-refractivity contribution in [1.29, 1.82) is 0 Å². The minimum absolute atomic E-state index is 0.649. The van der Waals surface area contributed by atoms with Crippen LogP contribution >= 0.6 is 11.3 Å². The van der Waals surface area contributed by atoms with Crippen LogP contribution in [0, 0.1) is 6.92 Å². The number of aromatic nitrogens is 2. The normalized spacial score (nSPS) is 12.7. The third-order valence-electron chi connectivity index (χ3n) is 2.06. The number of thiazole rings is 1. The smallest absolute Gasteiger partial charge is 0.132 e. The highest BCUT2D eigenvalue weighted by molar-refractivity contribution is 7.09. The molecule has 0 aliphatic carbocycles. The summed E-state index contributed by atoms with van der Waals surface area (Å²) < 4.78 is 0. The number of aliphatic hydroxyl groups excluding tert-OH is 1. The highest BCUT2D eigenvalue weighted by Gasteiger charge is 2.14. The molecule has 1 atom stereocenters. The molecular formula is C10H10N2OS. The monoisotopic (exact) mass is 206 g/mol. The molecule has 1 N–H and O–H groups in total. The second-order valence-electron chi connectivity index (χ2n) is 3.01. The summed E-state index contributed by atoms with van der Waals surface area (Å²) >= 11 is 1.45. The molecule has 0 radical (unpaired) electrons. The maximum absolute atomic E-state index is 9.97. The van der Waals surface area contributed by atoms with Gasteiger partial charge in [-0.1, -0.05) is 0 Å². The highest BCUT2D eigenvalue weighted by atomic mass is 32.1. The van der Waals surface area contributed by atoms with Crippen molar-refractivity contribution in [2.24, 2.45) is 0 Å². The summed E-state index contributed by atoms with van der Waals surface area (Å²) in [5.74, 6) is 0. The number of pyridine rings is 1. The summed E-state index contributed by atoms with van der Waals surface area (Å²) in [4.78, 5) is 8.07. The molecule has 0 saturated carbocycles. The Hall–Kier alpha value is -1.26. The zero-order chi connectivity index (χ0) is 9.97. The third-order valence-corrected chi connectivity index (χ3v) is 2.89. The first-order valence-electron chi connectivity index (χ1n) is 4.27. The van der Waals surface area contributed by atoms with E-state index in [1.807, 2.05) is 18.4 Å². The predicted molar refractivity (Wildman–Crippen MR) is 55.1 cm³/mol. The largest absolute Gasteiger partial charge is 0.381 e. The second kappa shape index (κ2) is 3.86. The van der Waals surface area contributed by atoms with Gasteiger partial charge in [0.25, 0.3) is 0 Å². The number of rotatable bonds is 2. The molecule has 0 saturated heterocycles. The Bertz CT molecular complexity index is 414. The van der Waals surface area contributed by atoms with Crippen molar-refractivity contribution in [2.75, 3.05) is 0 Å². The van der Waals surface area contributed by atoms with Gasteiger partial charge in [0.15, 0.2) is 0 Å². The lowest BCUT2D eigenvalue weighted by Crippen LogP contribution is -2.01. The Morgan fingerprint density at radius 2 is 2.29 bits per heavy atom. The van der Waals surface area contributed by atoms with Crippen LogP contribution in [0.25, 0.3) is 0 Å². The van der Waals surface area contributed by atoms with Crippen molar-refractivity contribution in [3.63, 3.8) is 0 Å². The molecule has 2 rings (SSSR count). The van der Waals surface area contributed by atoms with Gasteiger partial charge in [0.1, 0.15) is 11.1 Å². The molecule has 0 aliphatic heterocycles. The fraction of sp³-hybridized carbons (Fsp3) is 0.200. The van der Waals surface area contributed by atoms with Crippen molar-refractivity contribution >= 4 is 11.3 Å². The zero-order valence-electron chi connectivity index (χ0n) is 7.71. The number of hydrogen-bond acceptors (Lipinski definition) is 4. The number of hydrogen-bond donors (Lipinski definition) is 1. The van der Waals surface area contributed by atoms with Gasteiger partial charge in [0.05, 0.1) is 0 Å². The zero-order valence-corrected chi connectivity index (χ0v) is 8.53. The number of nitrogens with zero attached hydrogens (tertiary/aromatic N) is 2. The van der Waals surface area contributed by atoms with Crippen LogP contribution in [-0.2, 0) is 0 Å². The Kier molecular flexibility index (Phi) is 2.56. The summed E-state index contributed by atoms with van der Waals surface area (Å²) in [7, 11) is 0. The Balaban J connectivity index is 2.37. The van der Waals surface area contributed by atoms with Crippen LogP contribution in [0.4, 0.5) is 0 Å². The molecular weight excluding hydrogens is 196 g/mol. The third kappa shape index (κ3) is 1.66. The van der Waals surface area contributed by atoms with Gasteiger partial charge in [-0.25, -0.2) is 4.98 Å². The molecule has 0 amide bonds. The lowest BCUT2D eigenvalue weighted by atomic mass is 10.1. The lowest BCUT2D eigenvalue weighted by Gasteiger charge is -2.09. The first-order valence-corrected chi connectivity index (χ1v) is 5.15. The van der Waals surface area contributed by atoms with E-state index < -0.39 is 6.10 Å². The first-order chi connectivity index (χ1) is 6.79. The van der Waals surface area contributed by atoms with E-state index >= 15 is 0 Å². The van der Waals surface area contributed by atoms with Crippen molar-refractivity contribution in [1.82, 2.24) is 9.97 Å². The van der Waals surface area contributed by atoms with Gasteiger partial charge >= 0.3 is 0 Å². The summed E-state index contributed by atoms with van der Waals surface area (Å²) in [6, 6.07) is 1.88. The molecule has 1 unspecified atom stereocenters. The molecule has 2 aromatic heterocycles. The quantitative estimate of drug-likeness (QED) is 0.816. The van der Waals surface area contributed by atoms with E-state index in [1.165, 1.54) is 11.3 Å². The Morgan fingerprint density at radius 1 is 1.43 bits per heavy atom. The molecule has 72 valence electrons. The van der Waals surface area contributed by atoms with Crippen LogP contribution in [0.15, 0.2) is 30.0 Å². The molecule has 0 aromatic carbocycles. The molecule has 2 heterocycles. The van der Waals surface area contributed by atoms with Gasteiger partial charge in [0, 0.05) is 29.5 Å². The molecule has 0 bridgehead atoms. The first kappa shape index (κ1) is 9.30. The Morgan fingerprint density at radius 3 is 2.93 bits per heavy atom. The van der Waals surface area contributed by atoms with E-state index in [4.69, 9.17) is 0 Å². The summed E-state index contributed by atoms with van der Waals surface area (Å²) in [6.07, 6.45) is 4.44. The average Bonchev–Trinajstić information content (AvgIpc) is 2.70. The standard InChI is InChI=1S/C10H10N2OS/c1-7-2-3-11-6-8(7)9(13)10-12-4-5-14-10/h2-6,9,13H,1H3. The fourth-order valence-corrected chi connectivity index (χ4v) is 1.90. The number of aliphatic hydroxyl groups is 1. The SMILES string of the molecule is Cc1ccncc1C(O)c1nccs1. The second-order valence-corrected chi connectivity index (χ2v) is 3.93. The lowest BCUT2D eigenvalue weighted by molar-refractivity contribution is 0.218. The van der Waals surface area contributed by atoms with Gasteiger partial charge in [0.2, 0.25) is 0 Å². The topological polar surface area (TPSA) is 46.0 Å². The van der Waals surface area contributed by atoms with E-state index in [9.17, 15) is 5.11 Å². The van der Waals surface area contributed by atoms with Crippen molar-refractivity contribution < 1.29 is 5.11 Å². The van der Waals surface area contributed by atoms with Gasteiger partial charge in [-0.05, 0) is 18.6 Å². The van der Waals surface area contributed by atoms with Crippen LogP contribution in [0.3, 0.4) is 0 Å². The van der Waals surface area contributed by atoms with Crippen molar-refractivity contribution in [3.05, 3.63) is 46.2 Å². The van der Waals surface area contributed by atoms with E-state index in [0.717, 1.165) is 11.1 Å². The molecule has 0 spiro atoms. The fourth-order valence-electron chi connectivity index (χ4n) is 1.27. The van der Waals surface area contributed by atoms with Gasteiger partial charge in [-0.3, -0.25) is 4.98 Å². The molecule has 4 heteroatoms. The summed E-state index contributed by atoms with van der Waals surface area (Å²) in [5, 5.41) is 12.5. The van der Waals surface area contributed by atoms with Crippen molar-refractivity contribution in [3.8, 4) is 0 Å². The van der Waals surface area contributed by atoms with Crippen LogP contribution in [0.2, 0.25) is 0 Å². The maximum atomic E-state index is 9.97. The van der Waals surface area contributed by atoms with E-state index in [0.29, 0.717) is 5.01 Å². The summed E-state index contributed by atoms with van der Waals surface area (Å²) in [6.45, 7) is 1.95. The van der Waals surface area contributed by atoms with Crippen molar-refractivity contribution in [2.45, 2.75) is 13.0 Å².